The first-order chi connectivity index (χ1) is 30.4. The molecule has 5 aliphatic rings. The molecule has 17 heteroatoms. The second-order valence-electron chi connectivity index (χ2n) is 17.9. The second-order valence-corrected chi connectivity index (χ2v) is 17.9. The lowest BCUT2D eigenvalue weighted by atomic mass is 9.83. The standard InChI is InChI=1S/C46H59F2N9O6/c1-4-36-44(62)54(2)37-25-49-45(52-41(37)57(36)30-9-5-6-10-30)50-35-13-11-29(22-38(35)63-3)42(60)53-46(17-21-58)15-19-55(20-16-46)26-28-8-7-18-56(27-28)31-23-33(47)40(34(48)24-31)32-12-14-39(59)51-43(32)61/h11,13,22-25,28,30,32,36,58H,4-10,12,14-21,26-27H2,1-3H3,(H,53,60)(H,49,50,52)(H,51,59,61)/t28-,32?,36+/m0/s1. The maximum absolute atomic E-state index is 15.4. The van der Waals surface area contributed by atoms with E-state index in [2.05, 4.69) is 30.7 Å². The predicted octanol–water partition coefficient (Wildman–Crippen LogP) is 5.39. The number of likely N-dealkylation sites (tertiary alicyclic amines) is 1. The molecule has 1 aromatic heterocycles. The van der Waals surface area contributed by atoms with E-state index in [1.807, 2.05) is 11.8 Å². The van der Waals surface area contributed by atoms with Crippen LogP contribution in [0.5, 0.6) is 5.75 Å². The van der Waals surface area contributed by atoms with Gasteiger partial charge in [-0.2, -0.15) is 4.98 Å². The molecule has 3 atom stereocenters. The topological polar surface area (TPSA) is 173 Å². The molecule has 3 saturated heterocycles. The first-order valence-electron chi connectivity index (χ1n) is 22.5. The summed E-state index contributed by atoms with van der Waals surface area (Å²) < 4.78 is 36.5. The van der Waals surface area contributed by atoms with Gasteiger partial charge in [-0.05, 0) is 94.0 Å². The summed E-state index contributed by atoms with van der Waals surface area (Å²) in [5.74, 6) is -2.19. The van der Waals surface area contributed by atoms with Gasteiger partial charge in [-0.3, -0.25) is 24.5 Å². The summed E-state index contributed by atoms with van der Waals surface area (Å²) in [5, 5.41) is 18.9. The van der Waals surface area contributed by atoms with Crippen molar-refractivity contribution in [2.75, 3.05) is 73.5 Å². The Morgan fingerprint density at radius 2 is 1.76 bits per heavy atom. The van der Waals surface area contributed by atoms with Crippen LogP contribution in [0.3, 0.4) is 0 Å². The predicted molar refractivity (Wildman–Crippen MR) is 235 cm³/mol. The van der Waals surface area contributed by atoms with E-state index in [-0.39, 0.29) is 54.8 Å². The molecule has 338 valence electrons. The van der Waals surface area contributed by atoms with E-state index in [1.165, 1.54) is 19.2 Å². The number of aromatic nitrogens is 2. The number of nitrogens with one attached hydrogen (secondary N) is 3. The molecule has 0 radical (unpaired) electrons. The zero-order valence-corrected chi connectivity index (χ0v) is 36.4. The molecule has 2 aromatic carbocycles. The van der Waals surface area contributed by atoms with Gasteiger partial charge in [0.15, 0.2) is 5.82 Å². The van der Waals surface area contributed by atoms with Gasteiger partial charge < -0.3 is 40.1 Å². The third-order valence-electron chi connectivity index (χ3n) is 14.0. The molecular weight excluding hydrogens is 813 g/mol. The fraction of sp³-hybridized carbons (Fsp3) is 0.565. The summed E-state index contributed by atoms with van der Waals surface area (Å²) in [4.78, 5) is 68.9. The molecule has 4 N–H and O–H groups in total. The average Bonchev–Trinajstić information content (AvgIpc) is 3.81. The monoisotopic (exact) mass is 871 g/mol. The van der Waals surface area contributed by atoms with Gasteiger partial charge in [-0.1, -0.05) is 19.8 Å². The molecule has 4 amide bonds. The maximum atomic E-state index is 15.4. The van der Waals surface area contributed by atoms with Crippen molar-refractivity contribution in [3.63, 3.8) is 0 Å². The minimum absolute atomic E-state index is 0.0356. The number of likely N-dealkylation sites (N-methyl/N-ethyl adjacent to an activating group) is 1. The number of halogens is 2. The number of benzene rings is 2. The lowest BCUT2D eigenvalue weighted by molar-refractivity contribution is -0.134. The van der Waals surface area contributed by atoms with Crippen LogP contribution in [0.15, 0.2) is 36.5 Å². The van der Waals surface area contributed by atoms with Crippen LogP contribution in [-0.2, 0) is 14.4 Å². The minimum Gasteiger partial charge on any atom is -0.495 e. The third kappa shape index (κ3) is 9.17. The Morgan fingerprint density at radius 3 is 2.44 bits per heavy atom. The van der Waals surface area contributed by atoms with Crippen molar-refractivity contribution in [3.05, 3.63) is 59.3 Å². The molecule has 0 spiro atoms. The van der Waals surface area contributed by atoms with Crippen LogP contribution in [0.25, 0.3) is 0 Å². The molecule has 1 aliphatic carbocycles. The smallest absolute Gasteiger partial charge is 0.251 e. The number of carbonyl (C=O) groups is 4. The molecular formula is C46H59F2N9O6. The van der Waals surface area contributed by atoms with Crippen LogP contribution in [-0.4, -0.2) is 115 Å². The number of imide groups is 1. The van der Waals surface area contributed by atoms with Gasteiger partial charge in [-0.25, -0.2) is 13.8 Å². The van der Waals surface area contributed by atoms with Gasteiger partial charge in [0.05, 0.1) is 24.9 Å². The molecule has 0 bridgehead atoms. The lowest BCUT2D eigenvalue weighted by Gasteiger charge is -2.44. The molecule has 1 saturated carbocycles. The highest BCUT2D eigenvalue weighted by Crippen LogP contribution is 2.41. The van der Waals surface area contributed by atoms with E-state index in [4.69, 9.17) is 9.72 Å². The van der Waals surface area contributed by atoms with Crippen molar-refractivity contribution >= 4 is 52.5 Å². The van der Waals surface area contributed by atoms with Gasteiger partial charge in [0.1, 0.15) is 29.1 Å². The number of amides is 4. The Labute approximate surface area is 366 Å². The summed E-state index contributed by atoms with van der Waals surface area (Å²) >= 11 is 0. The summed E-state index contributed by atoms with van der Waals surface area (Å²) in [7, 11) is 3.31. The fourth-order valence-electron chi connectivity index (χ4n) is 10.5. The molecule has 8 rings (SSSR count). The summed E-state index contributed by atoms with van der Waals surface area (Å²) in [5.41, 5.74) is 1.18. The van der Waals surface area contributed by atoms with Gasteiger partial charge in [0.2, 0.25) is 23.7 Å². The summed E-state index contributed by atoms with van der Waals surface area (Å²) in [6.45, 7) is 5.41. The minimum atomic E-state index is -1.04. The van der Waals surface area contributed by atoms with Crippen LogP contribution < -0.4 is 35.4 Å². The number of methoxy groups -OCH3 is 1. The zero-order valence-electron chi connectivity index (χ0n) is 36.4. The van der Waals surface area contributed by atoms with Crippen molar-refractivity contribution in [1.82, 2.24) is 25.5 Å². The van der Waals surface area contributed by atoms with Crippen molar-refractivity contribution in [2.45, 2.75) is 108 Å². The highest BCUT2D eigenvalue weighted by molar-refractivity contribution is 6.04. The molecule has 4 fully saturated rings. The fourth-order valence-corrected chi connectivity index (χ4v) is 10.5. The number of fused-ring (bicyclic) bond motifs is 1. The van der Waals surface area contributed by atoms with Gasteiger partial charge in [0, 0.05) is 81.2 Å². The number of rotatable bonds is 13. The average molecular weight is 872 g/mol. The van der Waals surface area contributed by atoms with Crippen LogP contribution in [0, 0.1) is 17.6 Å². The Hall–Kier alpha value is -5.42. The number of nitrogens with zero attached hydrogens (tertiary/aromatic N) is 6. The number of aliphatic hydroxyl groups excluding tert-OH is 1. The van der Waals surface area contributed by atoms with E-state index in [1.54, 1.807) is 36.3 Å². The van der Waals surface area contributed by atoms with Crippen molar-refractivity contribution in [2.24, 2.45) is 5.92 Å². The van der Waals surface area contributed by atoms with Crippen molar-refractivity contribution in [3.8, 4) is 5.75 Å². The molecule has 4 aliphatic heterocycles. The number of anilines is 5. The number of ether oxygens (including phenoxy) is 1. The number of piperidine rings is 3. The van der Waals surface area contributed by atoms with Crippen molar-refractivity contribution < 1.29 is 37.8 Å². The van der Waals surface area contributed by atoms with Crippen molar-refractivity contribution in [1.29, 1.82) is 0 Å². The van der Waals surface area contributed by atoms with Crippen LogP contribution in [0.1, 0.15) is 106 Å². The summed E-state index contributed by atoms with van der Waals surface area (Å²) in [6, 6.07) is 7.71. The van der Waals surface area contributed by atoms with E-state index < -0.39 is 34.9 Å². The molecule has 1 unspecified atom stereocenters. The quantitative estimate of drug-likeness (QED) is 0.162. The lowest BCUT2D eigenvalue weighted by Crippen LogP contribution is -2.56. The molecule has 5 heterocycles. The van der Waals surface area contributed by atoms with Gasteiger partial charge in [0.25, 0.3) is 5.91 Å². The number of carbonyl (C=O) groups excluding carboxylic acids is 4. The SMILES string of the molecule is CC[C@@H]1C(=O)N(C)c2cnc(Nc3ccc(C(=O)NC4(CCO)CCN(C[C@@H]5CCCN(c6cc(F)c(C7CCC(=O)NC7=O)c(F)c6)C5)CC4)cc3OC)nc2N1C1CCCC1. The van der Waals surface area contributed by atoms with Crippen LogP contribution in [0.4, 0.5) is 37.6 Å². The highest BCUT2D eigenvalue weighted by atomic mass is 19.1. The third-order valence-corrected chi connectivity index (χ3v) is 14.0. The second kappa shape index (κ2) is 18.7. The van der Waals surface area contributed by atoms with E-state index in [0.717, 1.165) is 50.9 Å². The van der Waals surface area contributed by atoms with E-state index in [0.29, 0.717) is 86.2 Å². The van der Waals surface area contributed by atoms with E-state index in [9.17, 15) is 24.3 Å². The van der Waals surface area contributed by atoms with Crippen LogP contribution in [0.2, 0.25) is 0 Å². The van der Waals surface area contributed by atoms with Gasteiger partial charge >= 0.3 is 0 Å². The first kappa shape index (κ1) is 44.2. The number of hydrogen-bond donors (Lipinski definition) is 4. The van der Waals surface area contributed by atoms with Crippen LogP contribution >= 0.6 is 0 Å². The largest absolute Gasteiger partial charge is 0.495 e. The Balaban J connectivity index is 0.891. The molecule has 63 heavy (non-hydrogen) atoms. The molecule has 15 nitrogen and oxygen atoms in total. The van der Waals surface area contributed by atoms with E-state index >= 15 is 8.78 Å². The maximum Gasteiger partial charge on any atom is 0.251 e. The Morgan fingerprint density at radius 1 is 1.02 bits per heavy atom. The first-order valence-corrected chi connectivity index (χ1v) is 22.5. The number of hydrogen-bond acceptors (Lipinski definition) is 12. The molecule has 3 aromatic rings. The highest BCUT2D eigenvalue weighted by Gasteiger charge is 2.42. The normalized spacial score (nSPS) is 23.1. The number of aliphatic hydroxyl groups is 1. The zero-order chi connectivity index (χ0) is 44.4. The Bertz CT molecular complexity index is 2190. The summed E-state index contributed by atoms with van der Waals surface area (Å²) in [6.07, 6.45) is 10.2. The Kier molecular flexibility index (Phi) is 13.1. The van der Waals surface area contributed by atoms with Gasteiger partial charge in [-0.15, -0.1) is 0 Å².